The van der Waals surface area contributed by atoms with Crippen LogP contribution in [-0.4, -0.2) is 29.6 Å². The molecule has 0 spiro atoms. The monoisotopic (exact) mass is 292 g/mol. The summed E-state index contributed by atoms with van der Waals surface area (Å²) >= 11 is 0. The van der Waals surface area contributed by atoms with Crippen LogP contribution in [0.25, 0.3) is 0 Å². The predicted molar refractivity (Wildman–Crippen MR) is 85.7 cm³/mol. The van der Waals surface area contributed by atoms with Crippen LogP contribution in [-0.2, 0) is 4.79 Å². The van der Waals surface area contributed by atoms with Crippen molar-refractivity contribution in [3.63, 3.8) is 0 Å². The van der Waals surface area contributed by atoms with Gasteiger partial charge in [-0.05, 0) is 49.4 Å². The molecule has 3 fully saturated rings. The lowest BCUT2D eigenvalue weighted by molar-refractivity contribution is -0.131. The van der Waals surface area contributed by atoms with Crippen LogP contribution < -0.4 is 5.32 Å². The number of fused-ring (bicyclic) bond motifs is 2. The summed E-state index contributed by atoms with van der Waals surface area (Å²) in [6.07, 6.45) is 9.26. The smallest absolute Gasteiger partial charge is 0.241 e. The largest absolute Gasteiger partial charge is 0.325 e. The summed E-state index contributed by atoms with van der Waals surface area (Å²) in [5.74, 6) is 3.54. The zero-order chi connectivity index (χ0) is 15.0. The van der Waals surface area contributed by atoms with Crippen molar-refractivity contribution in [2.24, 2.45) is 23.7 Å². The van der Waals surface area contributed by atoms with Gasteiger partial charge in [0.1, 0.15) is 0 Å². The molecule has 0 radical (unpaired) electrons. The van der Waals surface area contributed by atoms with Gasteiger partial charge in [0.05, 0.1) is 12.2 Å². The highest BCUT2D eigenvalue weighted by Crippen LogP contribution is 2.48. The van der Waals surface area contributed by atoms with Gasteiger partial charge in [-0.3, -0.25) is 10.1 Å². The number of unbranched alkanes of at least 4 members (excludes halogenated alkanes) is 1. The first-order valence-electron chi connectivity index (χ1n) is 9.16. The Labute approximate surface area is 129 Å². The van der Waals surface area contributed by atoms with Crippen LogP contribution in [0.1, 0.15) is 65.7 Å². The molecule has 21 heavy (non-hydrogen) atoms. The van der Waals surface area contributed by atoms with Crippen LogP contribution in [0.4, 0.5) is 0 Å². The number of amides is 1. The maximum absolute atomic E-state index is 12.8. The van der Waals surface area contributed by atoms with E-state index in [4.69, 9.17) is 0 Å². The van der Waals surface area contributed by atoms with Gasteiger partial charge in [0.25, 0.3) is 0 Å². The highest BCUT2D eigenvalue weighted by molar-refractivity contribution is 5.84. The third kappa shape index (κ3) is 2.99. The Hall–Kier alpha value is -0.570. The Balaban J connectivity index is 1.64. The van der Waals surface area contributed by atoms with E-state index < -0.39 is 0 Å². The number of nitrogens with zero attached hydrogens (tertiary/aromatic N) is 1. The normalized spacial score (nSPS) is 39.0. The maximum Gasteiger partial charge on any atom is 0.241 e. The minimum Gasteiger partial charge on any atom is -0.325 e. The van der Waals surface area contributed by atoms with E-state index in [9.17, 15) is 4.79 Å². The molecule has 2 saturated carbocycles. The molecule has 120 valence electrons. The average Bonchev–Trinajstić information content (AvgIpc) is 3.13. The van der Waals surface area contributed by atoms with Gasteiger partial charge < -0.3 is 4.90 Å². The summed E-state index contributed by atoms with van der Waals surface area (Å²) < 4.78 is 0. The molecule has 5 atom stereocenters. The zero-order valence-corrected chi connectivity index (χ0v) is 14.0. The molecule has 1 heterocycles. The third-order valence-corrected chi connectivity index (χ3v) is 6.08. The first kappa shape index (κ1) is 15.3. The van der Waals surface area contributed by atoms with E-state index in [0.717, 1.165) is 37.1 Å². The van der Waals surface area contributed by atoms with Gasteiger partial charge in [0.15, 0.2) is 0 Å². The van der Waals surface area contributed by atoms with Crippen molar-refractivity contribution in [2.45, 2.75) is 77.9 Å². The predicted octanol–water partition coefficient (Wildman–Crippen LogP) is 3.40. The van der Waals surface area contributed by atoms with E-state index in [1.54, 1.807) is 0 Å². The van der Waals surface area contributed by atoms with E-state index in [1.807, 2.05) is 0 Å². The molecule has 1 aliphatic heterocycles. The van der Waals surface area contributed by atoms with Gasteiger partial charge in [-0.1, -0.05) is 40.0 Å². The van der Waals surface area contributed by atoms with E-state index >= 15 is 0 Å². The van der Waals surface area contributed by atoms with Crippen molar-refractivity contribution in [3.8, 4) is 0 Å². The minimum absolute atomic E-state index is 0.0796. The van der Waals surface area contributed by atoms with Gasteiger partial charge in [0, 0.05) is 6.54 Å². The van der Waals surface area contributed by atoms with Gasteiger partial charge >= 0.3 is 0 Å². The number of hydrogen-bond donors (Lipinski definition) is 1. The molecule has 0 aromatic rings. The topological polar surface area (TPSA) is 32.3 Å². The molecule has 1 amide bonds. The van der Waals surface area contributed by atoms with Crippen molar-refractivity contribution >= 4 is 5.91 Å². The first-order chi connectivity index (χ1) is 10.1. The molecule has 3 aliphatic rings. The Kier molecular flexibility index (Phi) is 4.58. The van der Waals surface area contributed by atoms with Gasteiger partial charge in [0.2, 0.25) is 5.91 Å². The lowest BCUT2D eigenvalue weighted by atomic mass is 9.88. The molecule has 3 nitrogen and oxygen atoms in total. The van der Waals surface area contributed by atoms with Crippen molar-refractivity contribution in [1.82, 2.24) is 10.2 Å². The van der Waals surface area contributed by atoms with E-state index in [2.05, 4.69) is 31.0 Å². The van der Waals surface area contributed by atoms with Crippen molar-refractivity contribution in [2.75, 3.05) is 6.54 Å². The van der Waals surface area contributed by atoms with E-state index in [0.29, 0.717) is 11.8 Å². The number of hydrogen-bond acceptors (Lipinski definition) is 2. The number of rotatable bonds is 6. The highest BCUT2D eigenvalue weighted by atomic mass is 16.2. The van der Waals surface area contributed by atoms with Crippen LogP contribution in [0.3, 0.4) is 0 Å². The molecule has 0 aromatic carbocycles. The van der Waals surface area contributed by atoms with Crippen molar-refractivity contribution in [1.29, 1.82) is 0 Å². The zero-order valence-electron chi connectivity index (χ0n) is 14.0. The fraction of sp³-hybridized carbons (Fsp3) is 0.944. The standard InChI is InChI=1S/C18H32N2O/c1-4-5-6-16-18(21)20(17(19-16)12(2)3)11-15-10-13-7-8-14(15)9-13/h12-17,19H,4-11H2,1-3H3. The number of carbonyl (C=O) groups excluding carboxylic acids is 1. The highest BCUT2D eigenvalue weighted by Gasteiger charge is 2.45. The lowest BCUT2D eigenvalue weighted by Gasteiger charge is -2.32. The van der Waals surface area contributed by atoms with E-state index in [-0.39, 0.29) is 12.2 Å². The second kappa shape index (κ2) is 6.28. The Morgan fingerprint density at radius 1 is 1.29 bits per heavy atom. The SMILES string of the molecule is CCCCC1NC(C(C)C)N(CC2CC3CCC2C3)C1=O. The number of nitrogens with one attached hydrogen (secondary N) is 1. The molecule has 3 rings (SSSR count). The third-order valence-electron chi connectivity index (χ3n) is 6.08. The van der Waals surface area contributed by atoms with Crippen LogP contribution >= 0.6 is 0 Å². The Bertz CT molecular complexity index is 381. The summed E-state index contributed by atoms with van der Waals surface area (Å²) in [6.45, 7) is 7.69. The molecule has 5 unspecified atom stereocenters. The Morgan fingerprint density at radius 3 is 2.67 bits per heavy atom. The number of carbonyl (C=O) groups is 1. The average molecular weight is 292 g/mol. The second-order valence-electron chi connectivity index (χ2n) is 7.98. The summed E-state index contributed by atoms with van der Waals surface area (Å²) in [5.41, 5.74) is 0. The van der Waals surface area contributed by atoms with Crippen LogP contribution in [0.5, 0.6) is 0 Å². The molecule has 2 aliphatic carbocycles. The molecular formula is C18H32N2O. The van der Waals surface area contributed by atoms with Gasteiger partial charge in [-0.25, -0.2) is 0 Å². The molecule has 2 bridgehead atoms. The Morgan fingerprint density at radius 2 is 2.10 bits per heavy atom. The molecule has 0 aromatic heterocycles. The maximum atomic E-state index is 12.8. The summed E-state index contributed by atoms with van der Waals surface area (Å²) in [7, 11) is 0. The first-order valence-corrected chi connectivity index (χ1v) is 9.16. The lowest BCUT2D eigenvalue weighted by Crippen LogP contribution is -2.44. The quantitative estimate of drug-likeness (QED) is 0.814. The van der Waals surface area contributed by atoms with Crippen LogP contribution in [0, 0.1) is 23.7 Å². The van der Waals surface area contributed by atoms with Gasteiger partial charge in [-0.15, -0.1) is 0 Å². The fourth-order valence-electron chi connectivity index (χ4n) is 4.93. The molecular weight excluding hydrogens is 260 g/mol. The molecule has 1 N–H and O–H groups in total. The fourth-order valence-corrected chi connectivity index (χ4v) is 4.93. The van der Waals surface area contributed by atoms with Crippen LogP contribution in [0.15, 0.2) is 0 Å². The minimum atomic E-state index is 0.0796. The second-order valence-corrected chi connectivity index (χ2v) is 7.98. The van der Waals surface area contributed by atoms with Crippen LogP contribution in [0.2, 0.25) is 0 Å². The van der Waals surface area contributed by atoms with Crippen molar-refractivity contribution < 1.29 is 4.79 Å². The van der Waals surface area contributed by atoms with Crippen molar-refractivity contribution in [3.05, 3.63) is 0 Å². The van der Waals surface area contributed by atoms with Gasteiger partial charge in [-0.2, -0.15) is 0 Å². The molecule has 1 saturated heterocycles. The van der Waals surface area contributed by atoms with E-state index in [1.165, 1.54) is 32.1 Å². The summed E-state index contributed by atoms with van der Waals surface area (Å²) in [6, 6.07) is 0.0796. The summed E-state index contributed by atoms with van der Waals surface area (Å²) in [5, 5.41) is 3.62. The summed E-state index contributed by atoms with van der Waals surface area (Å²) in [4.78, 5) is 15.0. The molecule has 3 heteroatoms.